The standard InChI is InChI=1S/C13H15N5OS2/c1-2-7-21-13-16-11(19)10(17-18-13)8-5-3-4-6-9(8)15-12(14)20/h3-6H,2,7H2,1H3,(H3,14,15,20)(H,16,18,19). The monoisotopic (exact) mass is 321 g/mol. The molecule has 6 nitrogen and oxygen atoms in total. The molecule has 0 saturated heterocycles. The zero-order valence-electron chi connectivity index (χ0n) is 11.4. The summed E-state index contributed by atoms with van der Waals surface area (Å²) >= 11 is 6.30. The number of aromatic amines is 1. The van der Waals surface area contributed by atoms with Crippen molar-refractivity contribution >= 4 is 34.8 Å². The second-order valence-corrected chi connectivity index (χ2v) is 5.71. The van der Waals surface area contributed by atoms with Crippen molar-refractivity contribution in [1.82, 2.24) is 15.2 Å². The van der Waals surface area contributed by atoms with Crippen molar-refractivity contribution in [3.05, 3.63) is 34.6 Å². The summed E-state index contributed by atoms with van der Waals surface area (Å²) in [6.07, 6.45) is 0.997. The number of para-hydroxylation sites is 1. The van der Waals surface area contributed by atoms with Crippen molar-refractivity contribution in [2.75, 3.05) is 11.1 Å². The number of nitrogens with zero attached hydrogens (tertiary/aromatic N) is 2. The number of nitrogens with one attached hydrogen (secondary N) is 2. The Morgan fingerprint density at radius 2 is 2.19 bits per heavy atom. The average Bonchev–Trinajstić information content (AvgIpc) is 2.45. The summed E-state index contributed by atoms with van der Waals surface area (Å²) in [5.74, 6) is 0.879. The highest BCUT2D eigenvalue weighted by Crippen LogP contribution is 2.23. The van der Waals surface area contributed by atoms with Gasteiger partial charge in [-0.1, -0.05) is 36.9 Å². The lowest BCUT2D eigenvalue weighted by Gasteiger charge is -2.09. The number of hydrogen-bond donors (Lipinski definition) is 3. The van der Waals surface area contributed by atoms with Gasteiger partial charge in [0.2, 0.25) is 0 Å². The molecule has 0 spiro atoms. The second kappa shape index (κ2) is 7.19. The number of benzene rings is 1. The molecule has 1 heterocycles. The Morgan fingerprint density at radius 3 is 2.86 bits per heavy atom. The highest BCUT2D eigenvalue weighted by Gasteiger charge is 2.12. The number of hydrogen-bond acceptors (Lipinski definition) is 5. The fourth-order valence-electron chi connectivity index (χ4n) is 1.69. The van der Waals surface area contributed by atoms with Gasteiger partial charge in [0.1, 0.15) is 0 Å². The van der Waals surface area contributed by atoms with Crippen LogP contribution in [0.1, 0.15) is 13.3 Å². The van der Waals surface area contributed by atoms with Crippen LogP contribution in [0.2, 0.25) is 0 Å². The van der Waals surface area contributed by atoms with Gasteiger partial charge in [0.25, 0.3) is 5.56 Å². The van der Waals surface area contributed by atoms with Crippen molar-refractivity contribution in [2.45, 2.75) is 18.5 Å². The van der Waals surface area contributed by atoms with Crippen molar-refractivity contribution in [3.63, 3.8) is 0 Å². The minimum atomic E-state index is -0.291. The van der Waals surface area contributed by atoms with Crippen molar-refractivity contribution in [2.24, 2.45) is 5.73 Å². The maximum atomic E-state index is 12.2. The Morgan fingerprint density at radius 1 is 1.43 bits per heavy atom. The Balaban J connectivity index is 2.38. The molecule has 0 unspecified atom stereocenters. The van der Waals surface area contributed by atoms with E-state index in [1.54, 1.807) is 18.2 Å². The van der Waals surface area contributed by atoms with Crippen molar-refractivity contribution in [1.29, 1.82) is 0 Å². The van der Waals surface area contributed by atoms with E-state index in [1.165, 1.54) is 11.8 Å². The lowest BCUT2D eigenvalue weighted by Crippen LogP contribution is -2.20. The molecule has 0 atom stereocenters. The summed E-state index contributed by atoms with van der Waals surface area (Å²) in [5, 5.41) is 11.5. The van der Waals surface area contributed by atoms with Crippen LogP contribution in [-0.2, 0) is 0 Å². The highest BCUT2D eigenvalue weighted by atomic mass is 32.2. The van der Waals surface area contributed by atoms with Gasteiger partial charge in [0.15, 0.2) is 16.0 Å². The molecule has 0 radical (unpaired) electrons. The summed E-state index contributed by atoms with van der Waals surface area (Å²) in [7, 11) is 0. The van der Waals surface area contributed by atoms with E-state index in [9.17, 15) is 4.79 Å². The highest BCUT2D eigenvalue weighted by molar-refractivity contribution is 7.99. The van der Waals surface area contributed by atoms with E-state index in [-0.39, 0.29) is 16.4 Å². The van der Waals surface area contributed by atoms with Crippen molar-refractivity contribution in [3.8, 4) is 11.3 Å². The molecule has 0 bridgehead atoms. The summed E-state index contributed by atoms with van der Waals surface area (Å²) in [5.41, 5.74) is 6.65. The third kappa shape index (κ3) is 4.02. The molecule has 0 saturated carbocycles. The normalized spacial score (nSPS) is 10.3. The molecule has 8 heteroatoms. The van der Waals surface area contributed by atoms with Crippen molar-refractivity contribution < 1.29 is 0 Å². The smallest absolute Gasteiger partial charge is 0.278 e. The van der Waals surface area contributed by atoms with Gasteiger partial charge in [-0.05, 0) is 24.7 Å². The van der Waals surface area contributed by atoms with E-state index in [2.05, 4.69) is 27.4 Å². The molecule has 2 rings (SSSR count). The summed E-state index contributed by atoms with van der Waals surface area (Å²) in [6, 6.07) is 7.16. The molecule has 0 fully saturated rings. The second-order valence-electron chi connectivity index (χ2n) is 4.19. The predicted octanol–water partition coefficient (Wildman–Crippen LogP) is 1.99. The largest absolute Gasteiger partial charge is 0.376 e. The van der Waals surface area contributed by atoms with Gasteiger partial charge in [-0.25, -0.2) is 0 Å². The third-order valence-electron chi connectivity index (χ3n) is 2.56. The van der Waals surface area contributed by atoms with Gasteiger partial charge < -0.3 is 11.1 Å². The summed E-state index contributed by atoms with van der Waals surface area (Å²) in [6.45, 7) is 2.06. The van der Waals surface area contributed by atoms with Crippen LogP contribution < -0.4 is 16.6 Å². The molecule has 1 aromatic heterocycles. The quantitative estimate of drug-likeness (QED) is 0.572. The first-order valence-corrected chi connectivity index (χ1v) is 7.77. The average molecular weight is 321 g/mol. The first-order valence-electron chi connectivity index (χ1n) is 6.37. The number of thioether (sulfide) groups is 1. The van der Waals surface area contributed by atoms with E-state index in [0.29, 0.717) is 16.4 Å². The van der Waals surface area contributed by atoms with Crippen LogP contribution in [0.4, 0.5) is 5.69 Å². The topological polar surface area (TPSA) is 96.7 Å². The van der Waals surface area contributed by atoms with Crippen LogP contribution >= 0.6 is 24.0 Å². The maximum absolute atomic E-state index is 12.2. The Labute approximate surface area is 131 Å². The molecular formula is C13H15N5OS2. The van der Waals surface area contributed by atoms with Gasteiger partial charge in [-0.3, -0.25) is 9.78 Å². The minimum Gasteiger partial charge on any atom is -0.376 e. The molecule has 0 aliphatic rings. The van der Waals surface area contributed by atoms with Gasteiger partial charge in [0.05, 0.1) is 0 Å². The van der Waals surface area contributed by atoms with Crippen LogP contribution in [0.5, 0.6) is 0 Å². The molecule has 4 N–H and O–H groups in total. The Hall–Kier alpha value is -1.93. The van der Waals surface area contributed by atoms with Crippen LogP contribution in [0.3, 0.4) is 0 Å². The number of H-pyrrole nitrogens is 1. The lowest BCUT2D eigenvalue weighted by atomic mass is 10.1. The third-order valence-corrected chi connectivity index (χ3v) is 3.73. The van der Waals surface area contributed by atoms with Crippen LogP contribution in [0, 0.1) is 0 Å². The van der Waals surface area contributed by atoms with Gasteiger partial charge in [0, 0.05) is 17.0 Å². The predicted molar refractivity (Wildman–Crippen MR) is 89.5 cm³/mol. The first kappa shape index (κ1) is 15.5. The van der Waals surface area contributed by atoms with Crippen LogP contribution in [0.25, 0.3) is 11.3 Å². The molecular weight excluding hydrogens is 306 g/mol. The number of anilines is 1. The minimum absolute atomic E-state index is 0.127. The number of aromatic nitrogens is 3. The zero-order chi connectivity index (χ0) is 15.2. The molecule has 0 aliphatic carbocycles. The van der Waals surface area contributed by atoms with Gasteiger partial charge in [-0.2, -0.15) is 0 Å². The van der Waals surface area contributed by atoms with Gasteiger partial charge in [-0.15, -0.1) is 10.2 Å². The summed E-state index contributed by atoms with van der Waals surface area (Å²) in [4.78, 5) is 14.9. The number of thiocarbonyl (C=S) groups is 1. The Kier molecular flexibility index (Phi) is 5.29. The SMILES string of the molecule is CCCSc1nnc(-c2ccccc2NC(N)=S)c(=O)[nH]1. The van der Waals surface area contributed by atoms with E-state index in [0.717, 1.165) is 12.2 Å². The number of rotatable bonds is 5. The van der Waals surface area contributed by atoms with Crippen LogP contribution in [0.15, 0.2) is 34.2 Å². The lowest BCUT2D eigenvalue weighted by molar-refractivity contribution is 0.823. The molecule has 110 valence electrons. The first-order chi connectivity index (χ1) is 10.1. The van der Waals surface area contributed by atoms with Gasteiger partial charge >= 0.3 is 0 Å². The van der Waals surface area contributed by atoms with Crippen LogP contribution in [-0.4, -0.2) is 26.0 Å². The summed E-state index contributed by atoms with van der Waals surface area (Å²) < 4.78 is 0. The maximum Gasteiger partial charge on any atom is 0.278 e. The molecule has 2 aromatic rings. The number of nitrogens with two attached hydrogens (primary N) is 1. The van der Waals surface area contributed by atoms with E-state index in [4.69, 9.17) is 18.0 Å². The Bertz CT molecular complexity index is 701. The fraction of sp³-hybridized carbons (Fsp3) is 0.231. The zero-order valence-corrected chi connectivity index (χ0v) is 13.1. The molecule has 0 aliphatic heterocycles. The molecule has 0 amide bonds. The van der Waals surface area contributed by atoms with E-state index >= 15 is 0 Å². The fourth-order valence-corrected chi connectivity index (χ4v) is 2.46. The van der Waals surface area contributed by atoms with E-state index < -0.39 is 0 Å². The molecule has 21 heavy (non-hydrogen) atoms. The molecule has 1 aromatic carbocycles. The van der Waals surface area contributed by atoms with E-state index in [1.807, 2.05) is 6.07 Å².